The van der Waals surface area contributed by atoms with Gasteiger partial charge in [-0.05, 0) is 51.7 Å². The molecule has 0 bridgehead atoms. The van der Waals surface area contributed by atoms with Crippen LogP contribution in [-0.4, -0.2) is 37.2 Å². The van der Waals surface area contributed by atoms with Crippen LogP contribution in [0.1, 0.15) is 11.1 Å². The summed E-state index contributed by atoms with van der Waals surface area (Å²) in [6.07, 6.45) is 2.08. The van der Waals surface area contributed by atoms with Gasteiger partial charge in [-0.25, -0.2) is 4.79 Å². The van der Waals surface area contributed by atoms with Crippen molar-refractivity contribution < 1.29 is 24.2 Å². The molecule has 2 N–H and O–H groups in total. The van der Waals surface area contributed by atoms with Crippen molar-refractivity contribution >= 4 is 33.9 Å². The number of nitrogens with zero attached hydrogens (tertiary/aromatic N) is 1. The van der Waals surface area contributed by atoms with Crippen LogP contribution >= 0.6 is 15.9 Å². The summed E-state index contributed by atoms with van der Waals surface area (Å²) in [5.74, 6) is -1.11. The van der Waals surface area contributed by atoms with Crippen LogP contribution in [0.15, 0.2) is 52.5 Å². The number of carbonyl (C=O) groups excluding carboxylic acids is 1. The van der Waals surface area contributed by atoms with Crippen molar-refractivity contribution in [3.8, 4) is 17.6 Å². The summed E-state index contributed by atoms with van der Waals surface area (Å²) in [6.45, 7) is -0.131. The van der Waals surface area contributed by atoms with E-state index in [-0.39, 0.29) is 17.1 Å². The van der Waals surface area contributed by atoms with Crippen LogP contribution in [0.4, 0.5) is 0 Å². The smallest absolute Gasteiger partial charge is 0.341 e. The third-order valence-electron chi connectivity index (χ3n) is 3.81. The molecular weight excluding hydrogens is 440 g/mol. The lowest BCUT2D eigenvalue weighted by Crippen LogP contribution is -2.26. The minimum atomic E-state index is -1.12. The molecule has 0 spiro atoms. The summed E-state index contributed by atoms with van der Waals surface area (Å²) in [4.78, 5) is 23.0. The lowest BCUT2D eigenvalue weighted by atomic mass is 10.1. The highest BCUT2D eigenvalue weighted by Crippen LogP contribution is 2.37. The van der Waals surface area contributed by atoms with Crippen LogP contribution in [0.25, 0.3) is 6.08 Å². The maximum Gasteiger partial charge on any atom is 0.341 e. The van der Waals surface area contributed by atoms with E-state index in [1.807, 2.05) is 36.4 Å². The van der Waals surface area contributed by atoms with E-state index in [2.05, 4.69) is 21.2 Å². The Kier molecular flexibility index (Phi) is 8.25. The molecule has 2 rings (SSSR count). The summed E-state index contributed by atoms with van der Waals surface area (Å²) in [7, 11) is 1.41. The van der Waals surface area contributed by atoms with Crippen molar-refractivity contribution in [2.24, 2.45) is 0 Å². The normalized spacial score (nSPS) is 10.7. The number of halogens is 1. The second-order valence-corrected chi connectivity index (χ2v) is 6.73. The van der Waals surface area contributed by atoms with Crippen LogP contribution in [0, 0.1) is 11.3 Å². The number of aliphatic carboxylic acids is 1. The Morgan fingerprint density at radius 1 is 1.28 bits per heavy atom. The molecule has 2 aromatic rings. The van der Waals surface area contributed by atoms with Gasteiger partial charge in [-0.3, -0.25) is 4.79 Å². The monoisotopic (exact) mass is 458 g/mol. The molecule has 0 fully saturated rings. The number of amides is 1. The molecule has 29 heavy (non-hydrogen) atoms. The standard InChI is InChI=1S/C21H19BrN2O5/c1-28-18-11-15(10-17(22)20(18)29-13-19(25)26)9-16(12-23)21(27)24-8-7-14-5-3-2-4-6-14/h2-6,9-11H,7-8,13H2,1H3,(H,24,27)(H,25,26). The number of hydrogen-bond acceptors (Lipinski definition) is 5. The van der Waals surface area contributed by atoms with Gasteiger partial charge in [0.2, 0.25) is 0 Å². The van der Waals surface area contributed by atoms with Crippen LogP contribution in [-0.2, 0) is 16.0 Å². The first-order valence-electron chi connectivity index (χ1n) is 8.60. The molecule has 150 valence electrons. The minimum Gasteiger partial charge on any atom is -0.493 e. The van der Waals surface area contributed by atoms with Crippen molar-refractivity contribution in [2.75, 3.05) is 20.3 Å². The van der Waals surface area contributed by atoms with Gasteiger partial charge in [0.25, 0.3) is 5.91 Å². The molecule has 0 saturated carbocycles. The number of hydrogen-bond donors (Lipinski definition) is 2. The van der Waals surface area contributed by atoms with Crippen molar-refractivity contribution in [3.05, 3.63) is 63.6 Å². The number of rotatable bonds is 9. The Hall–Kier alpha value is -3.31. The Morgan fingerprint density at radius 3 is 2.62 bits per heavy atom. The highest BCUT2D eigenvalue weighted by atomic mass is 79.9. The first-order chi connectivity index (χ1) is 13.9. The molecule has 2 aromatic carbocycles. The summed E-state index contributed by atoms with van der Waals surface area (Å²) in [6, 6.07) is 14.7. The zero-order chi connectivity index (χ0) is 21.2. The fraction of sp³-hybridized carbons (Fsp3) is 0.190. The van der Waals surface area contributed by atoms with Gasteiger partial charge in [0, 0.05) is 6.54 Å². The molecule has 0 aliphatic heterocycles. The van der Waals surface area contributed by atoms with Gasteiger partial charge in [-0.15, -0.1) is 0 Å². The van der Waals surface area contributed by atoms with E-state index in [1.165, 1.54) is 13.2 Å². The number of benzene rings is 2. The molecular formula is C21H19BrN2O5. The molecule has 0 heterocycles. The van der Waals surface area contributed by atoms with Crippen molar-refractivity contribution in [2.45, 2.75) is 6.42 Å². The van der Waals surface area contributed by atoms with Gasteiger partial charge in [-0.1, -0.05) is 30.3 Å². The van der Waals surface area contributed by atoms with Crippen LogP contribution in [0.2, 0.25) is 0 Å². The largest absolute Gasteiger partial charge is 0.493 e. The van der Waals surface area contributed by atoms with Crippen LogP contribution in [0.3, 0.4) is 0 Å². The fourth-order valence-electron chi connectivity index (χ4n) is 2.47. The highest BCUT2D eigenvalue weighted by Gasteiger charge is 2.14. The SMILES string of the molecule is COc1cc(C=C(C#N)C(=O)NCCc2ccccc2)cc(Br)c1OCC(=O)O. The molecule has 0 saturated heterocycles. The summed E-state index contributed by atoms with van der Waals surface area (Å²) in [5.41, 5.74) is 1.54. The fourth-order valence-corrected chi connectivity index (χ4v) is 3.05. The second-order valence-electron chi connectivity index (χ2n) is 5.88. The molecule has 1 amide bonds. The Labute approximate surface area is 176 Å². The van der Waals surface area contributed by atoms with Crippen molar-refractivity contribution in [1.29, 1.82) is 5.26 Å². The maximum absolute atomic E-state index is 12.3. The molecule has 0 atom stereocenters. The molecule has 0 aliphatic rings. The van der Waals surface area contributed by atoms with E-state index in [4.69, 9.17) is 14.6 Å². The first-order valence-corrected chi connectivity index (χ1v) is 9.40. The van der Waals surface area contributed by atoms with Crippen molar-refractivity contribution in [3.63, 3.8) is 0 Å². The summed E-state index contributed by atoms with van der Waals surface area (Å²) in [5, 5.41) is 20.9. The molecule has 0 radical (unpaired) electrons. The van der Waals surface area contributed by atoms with E-state index >= 15 is 0 Å². The van der Waals surface area contributed by atoms with E-state index in [0.29, 0.717) is 23.0 Å². The van der Waals surface area contributed by atoms with Gasteiger partial charge >= 0.3 is 5.97 Å². The number of ether oxygens (including phenoxy) is 2. The predicted octanol–water partition coefficient (Wildman–Crippen LogP) is 3.19. The van der Waals surface area contributed by atoms with E-state index in [9.17, 15) is 14.9 Å². The number of carboxylic acid groups (broad SMARTS) is 1. The number of carboxylic acids is 1. The van der Waals surface area contributed by atoms with Crippen LogP contribution in [0.5, 0.6) is 11.5 Å². The topological polar surface area (TPSA) is 109 Å². The molecule has 0 aromatic heterocycles. The summed E-state index contributed by atoms with van der Waals surface area (Å²) >= 11 is 3.29. The van der Waals surface area contributed by atoms with Crippen molar-refractivity contribution in [1.82, 2.24) is 5.32 Å². The third kappa shape index (κ3) is 6.66. The lowest BCUT2D eigenvalue weighted by molar-refractivity contribution is -0.139. The highest BCUT2D eigenvalue weighted by molar-refractivity contribution is 9.10. The average molecular weight is 459 g/mol. The van der Waals surface area contributed by atoms with Gasteiger partial charge in [0.05, 0.1) is 11.6 Å². The first kappa shape index (κ1) is 22.0. The number of nitrogens with one attached hydrogen (secondary N) is 1. The molecule has 0 aliphatic carbocycles. The van der Waals surface area contributed by atoms with Crippen LogP contribution < -0.4 is 14.8 Å². The molecule has 7 nitrogen and oxygen atoms in total. The third-order valence-corrected chi connectivity index (χ3v) is 4.40. The van der Waals surface area contributed by atoms with E-state index < -0.39 is 18.5 Å². The van der Waals surface area contributed by atoms with Gasteiger partial charge in [-0.2, -0.15) is 5.26 Å². The Morgan fingerprint density at radius 2 is 2.00 bits per heavy atom. The van der Waals surface area contributed by atoms with Gasteiger partial charge in [0.1, 0.15) is 11.6 Å². The van der Waals surface area contributed by atoms with E-state index in [1.54, 1.807) is 12.1 Å². The molecule has 0 unspecified atom stereocenters. The summed E-state index contributed by atoms with van der Waals surface area (Å²) < 4.78 is 10.9. The minimum absolute atomic E-state index is 0.0637. The molecule has 8 heteroatoms. The zero-order valence-corrected chi connectivity index (χ0v) is 17.2. The zero-order valence-electron chi connectivity index (χ0n) is 15.6. The Balaban J connectivity index is 2.12. The maximum atomic E-state index is 12.3. The van der Waals surface area contributed by atoms with Gasteiger partial charge < -0.3 is 19.9 Å². The second kappa shape index (κ2) is 10.9. The predicted molar refractivity (Wildman–Crippen MR) is 111 cm³/mol. The number of nitriles is 1. The number of methoxy groups -OCH3 is 1. The average Bonchev–Trinajstić information content (AvgIpc) is 2.71. The number of carbonyl (C=O) groups is 2. The quantitative estimate of drug-likeness (QED) is 0.441. The van der Waals surface area contributed by atoms with Gasteiger partial charge in [0.15, 0.2) is 18.1 Å². The Bertz CT molecular complexity index is 952. The van der Waals surface area contributed by atoms with E-state index in [0.717, 1.165) is 5.56 Å². The lowest BCUT2D eigenvalue weighted by Gasteiger charge is -2.12.